The lowest BCUT2D eigenvalue weighted by molar-refractivity contribution is 0.275. The Morgan fingerprint density at radius 1 is 1.14 bits per heavy atom. The van der Waals surface area contributed by atoms with Crippen LogP contribution in [0.25, 0.3) is 0 Å². The minimum absolute atomic E-state index is 0.333. The van der Waals surface area contributed by atoms with Gasteiger partial charge in [-0.25, -0.2) is 4.57 Å². The van der Waals surface area contributed by atoms with Gasteiger partial charge in [-0.2, -0.15) is 8.42 Å². The van der Waals surface area contributed by atoms with Crippen molar-refractivity contribution in [2.75, 3.05) is 0 Å². The summed E-state index contributed by atoms with van der Waals surface area (Å²) in [7, 11) is -9.31. The van der Waals surface area contributed by atoms with E-state index in [4.69, 9.17) is 42.2 Å². The summed E-state index contributed by atoms with van der Waals surface area (Å²) in [5.74, 6) is -0.333. The highest BCUT2D eigenvalue weighted by atomic mass is 32.3. The third-order valence-corrected chi connectivity index (χ3v) is 0. The zero-order chi connectivity index (χ0) is 12.6. The van der Waals surface area contributed by atoms with Crippen LogP contribution in [0.4, 0.5) is 0 Å². The lowest BCUT2D eigenvalue weighted by Gasteiger charge is -1.82. The number of guanidine groups is 1. The van der Waals surface area contributed by atoms with Crippen molar-refractivity contribution in [1.29, 1.82) is 5.41 Å². The van der Waals surface area contributed by atoms with Crippen molar-refractivity contribution < 1.29 is 36.8 Å². The molecular weight excluding hydrogens is 245 g/mol. The van der Waals surface area contributed by atoms with Gasteiger partial charge in [0.2, 0.25) is 0 Å². The molecule has 10 N–H and O–H groups in total. The number of rotatable bonds is 0. The molecule has 0 saturated heterocycles. The molecular formula is CH10N3O8PS. The van der Waals surface area contributed by atoms with Crippen LogP contribution in [0.1, 0.15) is 0 Å². The minimum atomic E-state index is -4.67. The highest BCUT2D eigenvalue weighted by Crippen LogP contribution is 2.25. The number of nitrogens with one attached hydrogen (secondary N) is 1. The first-order chi connectivity index (χ1) is 5.73. The maximum Gasteiger partial charge on any atom is 0.466 e. The van der Waals surface area contributed by atoms with E-state index in [1.54, 1.807) is 0 Å². The van der Waals surface area contributed by atoms with Crippen LogP contribution in [0.15, 0.2) is 0 Å². The lowest BCUT2D eigenvalue weighted by Crippen LogP contribution is -2.20. The monoisotopic (exact) mass is 255 g/mol. The summed E-state index contributed by atoms with van der Waals surface area (Å²) < 4.78 is 40.5. The quantitative estimate of drug-likeness (QED) is 0.0961. The van der Waals surface area contributed by atoms with Crippen LogP contribution in [-0.2, 0) is 15.0 Å². The van der Waals surface area contributed by atoms with Crippen LogP contribution in [0.3, 0.4) is 0 Å². The molecule has 0 heterocycles. The Bertz CT molecular complexity index is 269. The maximum absolute atomic E-state index is 8.88. The van der Waals surface area contributed by atoms with Gasteiger partial charge in [0.1, 0.15) is 0 Å². The van der Waals surface area contributed by atoms with E-state index in [9.17, 15) is 0 Å². The molecule has 11 nitrogen and oxygen atoms in total. The van der Waals surface area contributed by atoms with Crippen LogP contribution < -0.4 is 11.5 Å². The number of hydrogen-bond acceptors (Lipinski definition) is 4. The summed E-state index contributed by atoms with van der Waals surface area (Å²) in [6.07, 6.45) is 0. The molecule has 0 radical (unpaired) electrons. The molecule has 0 bridgehead atoms. The molecule has 0 fully saturated rings. The van der Waals surface area contributed by atoms with Crippen molar-refractivity contribution >= 4 is 24.2 Å². The molecule has 0 aliphatic heterocycles. The first-order valence-corrected chi connectivity index (χ1v) is 5.27. The summed E-state index contributed by atoms with van der Waals surface area (Å²) in [4.78, 5) is 21.6. The third kappa shape index (κ3) is 2100. The van der Waals surface area contributed by atoms with Crippen molar-refractivity contribution in [2.24, 2.45) is 11.5 Å². The Morgan fingerprint density at radius 3 is 1.14 bits per heavy atom. The molecule has 0 saturated carbocycles. The molecule has 0 unspecified atom stereocenters. The fourth-order valence-electron chi connectivity index (χ4n) is 0. The second-order valence-electron chi connectivity index (χ2n) is 1.42. The summed E-state index contributed by atoms with van der Waals surface area (Å²) in [5, 5.41) is 6.06. The molecule has 0 aromatic rings. The molecule has 0 atom stereocenters. The molecule has 13 heteroatoms. The smallest absolute Gasteiger partial charge is 0.370 e. The predicted molar refractivity (Wildman–Crippen MR) is 44.5 cm³/mol. The highest BCUT2D eigenvalue weighted by molar-refractivity contribution is 7.79. The standard InChI is InChI=1S/CH5N3.H3O4P.H2O4S/c2-1(3)4;2*1-5(2,3)4/h(H5,2,3,4);(H3,1,2,3,4);(H2,1,2,3,4). The molecule has 88 valence electrons. The zero-order valence-corrected chi connectivity index (χ0v) is 8.18. The summed E-state index contributed by atoms with van der Waals surface area (Å²) in [6, 6.07) is 0. The van der Waals surface area contributed by atoms with Gasteiger partial charge in [-0.05, 0) is 0 Å². The maximum atomic E-state index is 8.88. The molecule has 0 aromatic carbocycles. The summed E-state index contributed by atoms with van der Waals surface area (Å²) in [6.45, 7) is 0. The molecule has 0 amide bonds. The number of phosphoric acid groups is 1. The first-order valence-electron chi connectivity index (χ1n) is 2.31. The summed E-state index contributed by atoms with van der Waals surface area (Å²) in [5.41, 5.74) is 8.94. The fraction of sp³-hybridized carbons (Fsp3) is 0. The first kappa shape index (κ1) is 18.9. The van der Waals surface area contributed by atoms with Gasteiger partial charge in [0.25, 0.3) is 0 Å². The average Bonchev–Trinajstić information content (AvgIpc) is 1.45. The van der Waals surface area contributed by atoms with E-state index in [-0.39, 0.29) is 5.96 Å². The van der Waals surface area contributed by atoms with Crippen molar-refractivity contribution in [3.63, 3.8) is 0 Å². The Kier molecular flexibility index (Phi) is 10.3. The lowest BCUT2D eigenvalue weighted by atomic mass is 11.1. The average molecular weight is 255 g/mol. The van der Waals surface area contributed by atoms with E-state index in [1.165, 1.54) is 0 Å². The molecule has 0 aromatic heterocycles. The van der Waals surface area contributed by atoms with Crippen LogP contribution >= 0.6 is 7.82 Å². The molecule has 14 heavy (non-hydrogen) atoms. The van der Waals surface area contributed by atoms with E-state index >= 15 is 0 Å². The molecule has 0 spiro atoms. The van der Waals surface area contributed by atoms with Gasteiger partial charge in [-0.1, -0.05) is 0 Å². The normalized spacial score (nSPS) is 10.1. The van der Waals surface area contributed by atoms with Crippen LogP contribution in [-0.4, -0.2) is 38.2 Å². The predicted octanol–water partition coefficient (Wildman–Crippen LogP) is -2.74. The van der Waals surface area contributed by atoms with Crippen LogP contribution in [0.5, 0.6) is 0 Å². The van der Waals surface area contributed by atoms with Gasteiger partial charge < -0.3 is 26.1 Å². The van der Waals surface area contributed by atoms with Crippen molar-refractivity contribution in [3.8, 4) is 0 Å². The third-order valence-electron chi connectivity index (χ3n) is 0. The molecule has 0 rings (SSSR count). The Hall–Kier alpha value is -0.750. The second-order valence-corrected chi connectivity index (χ2v) is 3.34. The van der Waals surface area contributed by atoms with Crippen molar-refractivity contribution in [2.45, 2.75) is 0 Å². The van der Waals surface area contributed by atoms with Gasteiger partial charge in [0, 0.05) is 0 Å². The van der Waals surface area contributed by atoms with Gasteiger partial charge in [-0.3, -0.25) is 14.5 Å². The summed E-state index contributed by atoms with van der Waals surface area (Å²) >= 11 is 0. The van der Waals surface area contributed by atoms with E-state index < -0.39 is 18.2 Å². The van der Waals surface area contributed by atoms with E-state index in [0.29, 0.717) is 0 Å². The van der Waals surface area contributed by atoms with E-state index in [1.807, 2.05) is 0 Å². The number of nitrogens with two attached hydrogens (primary N) is 2. The second kappa shape index (κ2) is 7.64. The van der Waals surface area contributed by atoms with Crippen LogP contribution in [0, 0.1) is 5.41 Å². The molecule has 0 aliphatic rings. The SMILES string of the molecule is N=C(N)N.O=P(O)(O)O.O=S(=O)(O)O. The topological polar surface area (TPSA) is 228 Å². The van der Waals surface area contributed by atoms with Gasteiger partial charge in [0.15, 0.2) is 5.96 Å². The zero-order valence-electron chi connectivity index (χ0n) is 6.47. The molecule has 0 aliphatic carbocycles. The largest absolute Gasteiger partial charge is 0.466 e. The van der Waals surface area contributed by atoms with Gasteiger partial charge in [0.05, 0.1) is 0 Å². The van der Waals surface area contributed by atoms with Gasteiger partial charge >= 0.3 is 18.2 Å². The van der Waals surface area contributed by atoms with Crippen molar-refractivity contribution in [3.05, 3.63) is 0 Å². The Morgan fingerprint density at radius 2 is 1.14 bits per heavy atom. The van der Waals surface area contributed by atoms with Crippen LogP contribution in [0.2, 0.25) is 0 Å². The Labute approximate surface area is 78.7 Å². The number of hydrogen-bond donors (Lipinski definition) is 8. The van der Waals surface area contributed by atoms with E-state index in [0.717, 1.165) is 0 Å². The van der Waals surface area contributed by atoms with Crippen molar-refractivity contribution in [1.82, 2.24) is 0 Å². The highest BCUT2D eigenvalue weighted by Gasteiger charge is 2.00. The van der Waals surface area contributed by atoms with E-state index in [2.05, 4.69) is 11.5 Å². The fourth-order valence-corrected chi connectivity index (χ4v) is 0. The van der Waals surface area contributed by atoms with Gasteiger partial charge in [-0.15, -0.1) is 0 Å². The minimum Gasteiger partial charge on any atom is -0.370 e. The Balaban J connectivity index is -0.000000131.